The summed E-state index contributed by atoms with van der Waals surface area (Å²) in [6.45, 7) is 3.61. The van der Waals surface area contributed by atoms with E-state index >= 15 is 0 Å². The SMILES string of the molecule is NC(=O)OCCNCC1CCOC1. The molecule has 0 aliphatic carbocycles. The van der Waals surface area contributed by atoms with E-state index in [1.165, 1.54) is 0 Å². The average molecular weight is 188 g/mol. The van der Waals surface area contributed by atoms with Crippen LogP contribution in [0.15, 0.2) is 0 Å². The van der Waals surface area contributed by atoms with E-state index in [-0.39, 0.29) is 0 Å². The maximum atomic E-state index is 10.2. The van der Waals surface area contributed by atoms with Gasteiger partial charge in [-0.3, -0.25) is 0 Å². The van der Waals surface area contributed by atoms with Crippen molar-refractivity contribution in [1.82, 2.24) is 5.32 Å². The first-order chi connectivity index (χ1) is 6.29. The van der Waals surface area contributed by atoms with Crippen molar-refractivity contribution in [3.8, 4) is 0 Å². The molecule has 1 unspecified atom stereocenters. The number of carbonyl (C=O) groups excluding carboxylic acids is 1. The lowest BCUT2D eigenvalue weighted by Crippen LogP contribution is -2.28. The molecule has 13 heavy (non-hydrogen) atoms. The van der Waals surface area contributed by atoms with Crippen molar-refractivity contribution < 1.29 is 14.3 Å². The second-order valence-electron chi connectivity index (χ2n) is 3.10. The minimum Gasteiger partial charge on any atom is -0.448 e. The average Bonchev–Trinajstić information content (AvgIpc) is 2.55. The zero-order valence-electron chi connectivity index (χ0n) is 7.62. The second-order valence-corrected chi connectivity index (χ2v) is 3.10. The van der Waals surface area contributed by atoms with E-state index in [1.807, 2.05) is 0 Å². The van der Waals surface area contributed by atoms with Crippen LogP contribution >= 0.6 is 0 Å². The van der Waals surface area contributed by atoms with Crippen LogP contribution in [-0.2, 0) is 9.47 Å². The number of nitrogens with two attached hydrogens (primary N) is 1. The van der Waals surface area contributed by atoms with Crippen molar-refractivity contribution in [2.75, 3.05) is 32.9 Å². The summed E-state index contributed by atoms with van der Waals surface area (Å²) in [5, 5.41) is 3.17. The van der Waals surface area contributed by atoms with Gasteiger partial charge in [0.1, 0.15) is 6.61 Å². The molecule has 5 heteroatoms. The largest absolute Gasteiger partial charge is 0.448 e. The van der Waals surface area contributed by atoms with Gasteiger partial charge in [-0.1, -0.05) is 0 Å². The smallest absolute Gasteiger partial charge is 0.404 e. The number of primary amides is 1. The number of carbonyl (C=O) groups is 1. The van der Waals surface area contributed by atoms with Crippen LogP contribution in [0.3, 0.4) is 0 Å². The highest BCUT2D eigenvalue weighted by Gasteiger charge is 2.14. The zero-order valence-corrected chi connectivity index (χ0v) is 7.62. The number of amides is 1. The maximum absolute atomic E-state index is 10.2. The number of hydrogen-bond acceptors (Lipinski definition) is 4. The molecule has 0 bridgehead atoms. The lowest BCUT2D eigenvalue weighted by molar-refractivity contribution is 0.156. The fourth-order valence-corrected chi connectivity index (χ4v) is 1.27. The fraction of sp³-hybridized carbons (Fsp3) is 0.875. The van der Waals surface area contributed by atoms with Crippen molar-refractivity contribution in [1.29, 1.82) is 0 Å². The Morgan fingerprint density at radius 2 is 2.54 bits per heavy atom. The second kappa shape index (κ2) is 5.77. The molecule has 0 spiro atoms. The number of hydrogen-bond donors (Lipinski definition) is 2. The number of nitrogens with one attached hydrogen (secondary N) is 1. The third-order valence-corrected chi connectivity index (χ3v) is 1.98. The predicted octanol–water partition coefficient (Wildman–Crippen LogP) is -0.292. The zero-order chi connectivity index (χ0) is 9.52. The van der Waals surface area contributed by atoms with Gasteiger partial charge in [0, 0.05) is 19.7 Å². The topological polar surface area (TPSA) is 73.6 Å². The van der Waals surface area contributed by atoms with Crippen LogP contribution in [0.25, 0.3) is 0 Å². The summed E-state index contributed by atoms with van der Waals surface area (Å²) < 4.78 is 9.76. The molecule has 1 aliphatic heterocycles. The first-order valence-electron chi connectivity index (χ1n) is 4.49. The Hall–Kier alpha value is -0.810. The molecule has 0 saturated carbocycles. The molecule has 1 rings (SSSR count). The van der Waals surface area contributed by atoms with Crippen LogP contribution in [-0.4, -0.2) is 39.0 Å². The van der Waals surface area contributed by atoms with Crippen LogP contribution in [0.2, 0.25) is 0 Å². The van der Waals surface area contributed by atoms with Crippen molar-refractivity contribution in [3.63, 3.8) is 0 Å². The fourth-order valence-electron chi connectivity index (χ4n) is 1.27. The predicted molar refractivity (Wildman–Crippen MR) is 47.3 cm³/mol. The van der Waals surface area contributed by atoms with Gasteiger partial charge in [-0.05, 0) is 12.3 Å². The summed E-state index contributed by atoms with van der Waals surface area (Å²) >= 11 is 0. The lowest BCUT2D eigenvalue weighted by atomic mass is 10.1. The molecule has 1 heterocycles. The van der Waals surface area contributed by atoms with Gasteiger partial charge in [0.15, 0.2) is 0 Å². The molecule has 3 N–H and O–H groups in total. The minimum absolute atomic E-state index is 0.336. The van der Waals surface area contributed by atoms with Gasteiger partial charge in [-0.25, -0.2) is 4.79 Å². The van der Waals surface area contributed by atoms with Crippen LogP contribution in [0, 0.1) is 5.92 Å². The van der Waals surface area contributed by atoms with Gasteiger partial charge in [-0.2, -0.15) is 0 Å². The molecular weight excluding hydrogens is 172 g/mol. The Kier molecular flexibility index (Phi) is 4.56. The summed E-state index contributed by atoms with van der Waals surface area (Å²) in [5.74, 6) is 0.605. The molecular formula is C8H16N2O3. The summed E-state index contributed by atoms with van der Waals surface area (Å²) in [6, 6.07) is 0. The Morgan fingerprint density at radius 1 is 1.69 bits per heavy atom. The van der Waals surface area contributed by atoms with Gasteiger partial charge in [-0.15, -0.1) is 0 Å². The molecule has 5 nitrogen and oxygen atoms in total. The van der Waals surface area contributed by atoms with E-state index in [2.05, 4.69) is 10.1 Å². The Labute approximate surface area is 77.6 Å². The molecule has 0 aromatic heterocycles. The number of rotatable bonds is 5. The lowest BCUT2D eigenvalue weighted by Gasteiger charge is -2.08. The monoisotopic (exact) mass is 188 g/mol. The van der Waals surface area contributed by atoms with E-state index in [1.54, 1.807) is 0 Å². The highest BCUT2D eigenvalue weighted by Crippen LogP contribution is 2.10. The van der Waals surface area contributed by atoms with E-state index in [0.717, 1.165) is 26.2 Å². The van der Waals surface area contributed by atoms with E-state index in [0.29, 0.717) is 19.1 Å². The molecule has 1 fully saturated rings. The molecule has 76 valence electrons. The highest BCUT2D eigenvalue weighted by molar-refractivity contribution is 5.64. The molecule has 1 saturated heterocycles. The summed E-state index contributed by atoms with van der Waals surface area (Å²) in [7, 11) is 0. The van der Waals surface area contributed by atoms with E-state index < -0.39 is 6.09 Å². The summed E-state index contributed by atoms with van der Waals surface area (Å²) in [5.41, 5.74) is 4.79. The van der Waals surface area contributed by atoms with E-state index in [4.69, 9.17) is 10.5 Å². The molecule has 0 aromatic rings. The van der Waals surface area contributed by atoms with Crippen molar-refractivity contribution in [2.24, 2.45) is 11.7 Å². The van der Waals surface area contributed by atoms with Crippen LogP contribution in [0.1, 0.15) is 6.42 Å². The van der Waals surface area contributed by atoms with Gasteiger partial charge in [0.25, 0.3) is 0 Å². The van der Waals surface area contributed by atoms with Crippen molar-refractivity contribution in [2.45, 2.75) is 6.42 Å². The Bertz CT molecular complexity index is 157. The minimum atomic E-state index is -0.717. The summed E-state index contributed by atoms with van der Waals surface area (Å²) in [4.78, 5) is 10.2. The Balaban J connectivity index is 1.86. The maximum Gasteiger partial charge on any atom is 0.404 e. The van der Waals surface area contributed by atoms with Crippen molar-refractivity contribution in [3.05, 3.63) is 0 Å². The van der Waals surface area contributed by atoms with Crippen LogP contribution < -0.4 is 11.1 Å². The highest BCUT2D eigenvalue weighted by atomic mass is 16.5. The van der Waals surface area contributed by atoms with Crippen LogP contribution in [0.5, 0.6) is 0 Å². The van der Waals surface area contributed by atoms with Gasteiger partial charge in [0.05, 0.1) is 6.61 Å². The van der Waals surface area contributed by atoms with Gasteiger partial charge >= 0.3 is 6.09 Å². The molecule has 1 atom stereocenters. The quantitative estimate of drug-likeness (QED) is 0.581. The van der Waals surface area contributed by atoms with Crippen LogP contribution in [0.4, 0.5) is 4.79 Å². The molecule has 0 radical (unpaired) electrons. The molecule has 1 amide bonds. The third-order valence-electron chi connectivity index (χ3n) is 1.98. The third kappa shape index (κ3) is 4.69. The van der Waals surface area contributed by atoms with Gasteiger partial charge in [0.2, 0.25) is 0 Å². The first kappa shape index (κ1) is 10.3. The van der Waals surface area contributed by atoms with Gasteiger partial charge < -0.3 is 20.5 Å². The molecule has 1 aliphatic rings. The van der Waals surface area contributed by atoms with Crippen molar-refractivity contribution >= 4 is 6.09 Å². The normalized spacial score (nSPS) is 21.7. The Morgan fingerprint density at radius 3 is 3.15 bits per heavy atom. The standard InChI is InChI=1S/C8H16N2O3/c9-8(11)13-4-2-10-5-7-1-3-12-6-7/h7,10H,1-6H2,(H2,9,11). The molecule has 0 aromatic carbocycles. The summed E-state index contributed by atoms with van der Waals surface area (Å²) in [6.07, 6.45) is 0.398. The van der Waals surface area contributed by atoms with E-state index in [9.17, 15) is 4.79 Å². The first-order valence-corrected chi connectivity index (χ1v) is 4.49. The number of ether oxygens (including phenoxy) is 2.